The molecular weight excluding hydrogens is 1240 g/mol. The second kappa shape index (κ2) is 28.5. The molecule has 22 heteroatoms. The van der Waals surface area contributed by atoms with E-state index in [1.54, 1.807) is 153 Å². The summed E-state index contributed by atoms with van der Waals surface area (Å²) < 4.78 is 121. The van der Waals surface area contributed by atoms with Crippen LogP contribution in [0.3, 0.4) is 0 Å². The number of aryl methyl sites for hydroxylation is 2. The molecule has 2 saturated heterocycles. The van der Waals surface area contributed by atoms with Crippen LogP contribution < -0.4 is 46.7 Å². The molecule has 0 radical (unpaired) electrons. The molecule has 0 aromatic heterocycles. The summed E-state index contributed by atoms with van der Waals surface area (Å²) in [5.41, 5.74) is 4.46. The largest absolute Gasteiger partial charge is 2.00 e. The van der Waals surface area contributed by atoms with Crippen LogP contribution in [0, 0.1) is 19.9 Å². The van der Waals surface area contributed by atoms with Gasteiger partial charge in [-0.2, -0.15) is 30.3 Å². The maximum Gasteiger partial charge on any atom is 2.00 e. The van der Waals surface area contributed by atoms with Crippen LogP contribution in [0.15, 0.2) is 204 Å². The summed E-state index contributed by atoms with van der Waals surface area (Å²) in [6.07, 6.45) is -0.863. The van der Waals surface area contributed by atoms with Gasteiger partial charge in [-0.3, -0.25) is 9.13 Å². The molecule has 0 aliphatic carbocycles. The first-order chi connectivity index (χ1) is 38.4. The van der Waals surface area contributed by atoms with Crippen LogP contribution in [0.2, 0.25) is 10.0 Å². The Morgan fingerprint density at radius 2 is 1.20 bits per heavy atom. The Morgan fingerprint density at radius 1 is 0.659 bits per heavy atom. The molecule has 0 bridgehead atoms. The topological polar surface area (TPSA) is 173 Å². The molecule has 3 heterocycles. The van der Waals surface area contributed by atoms with E-state index < -0.39 is 53.3 Å². The number of ether oxygens (including phenoxy) is 4. The minimum atomic E-state index is -4.14. The second-order valence-electron chi connectivity index (χ2n) is 18.7. The van der Waals surface area contributed by atoms with E-state index in [9.17, 15) is 21.4 Å². The SMILES string of the molecule is Cc1ccc(S(=O)(=O)N2[C@H](C)c3cc(Cl)ccc3O[P@]2(=O)c2ccccc2)cc1.Cc1ccc(S(=O)(=O)N[C@H](C)c2cc(Cl)ccc2O[P@@](=O)(c2ccccc2)c2ccccc2C2OCCO2)cc1.[Br-].[Mg+2].[c-]1ccccc1C1OCCO1. The van der Waals surface area contributed by atoms with Gasteiger partial charge in [-0.05, 0) is 119 Å². The summed E-state index contributed by atoms with van der Waals surface area (Å²) >= 11 is 12.5. The minimum Gasteiger partial charge on any atom is -1.00 e. The first-order valence-corrected chi connectivity index (χ1v) is 32.3. The third-order valence-electron chi connectivity index (χ3n) is 13.0. The molecule has 8 aromatic rings. The third kappa shape index (κ3) is 14.9. The summed E-state index contributed by atoms with van der Waals surface area (Å²) in [7, 11) is -15.8. The zero-order valence-electron chi connectivity index (χ0n) is 45.0. The van der Waals surface area contributed by atoms with E-state index in [4.69, 9.17) is 51.2 Å². The van der Waals surface area contributed by atoms with Crippen molar-refractivity contribution in [2.75, 3.05) is 26.4 Å². The number of hydrogen-bond donors (Lipinski definition) is 1. The summed E-state index contributed by atoms with van der Waals surface area (Å²) in [5, 5.41) is 2.04. The van der Waals surface area contributed by atoms with E-state index in [0.717, 1.165) is 20.8 Å². The summed E-state index contributed by atoms with van der Waals surface area (Å²) in [6, 6.07) is 56.5. The van der Waals surface area contributed by atoms with Gasteiger partial charge in [-0.15, -0.1) is 9.64 Å². The Labute approximate surface area is 516 Å². The number of halogens is 3. The van der Waals surface area contributed by atoms with Crippen molar-refractivity contribution in [3.8, 4) is 11.5 Å². The predicted molar refractivity (Wildman–Crippen MR) is 316 cm³/mol. The van der Waals surface area contributed by atoms with Gasteiger partial charge in [-0.1, -0.05) is 113 Å². The van der Waals surface area contributed by atoms with E-state index in [0.29, 0.717) is 74.8 Å². The van der Waals surface area contributed by atoms with Crippen LogP contribution in [0.1, 0.15) is 71.9 Å². The molecule has 8 aromatic carbocycles. The van der Waals surface area contributed by atoms with E-state index in [-0.39, 0.29) is 61.9 Å². The maximum atomic E-state index is 15.1. The number of rotatable bonds is 13. The third-order valence-corrected chi connectivity index (χ3v) is 22.8. The van der Waals surface area contributed by atoms with Crippen molar-refractivity contribution < 1.29 is 70.9 Å². The van der Waals surface area contributed by atoms with Crippen LogP contribution >= 0.6 is 38.1 Å². The van der Waals surface area contributed by atoms with Gasteiger partial charge in [0, 0.05) is 32.8 Å². The van der Waals surface area contributed by atoms with Gasteiger partial charge in [0.2, 0.25) is 10.0 Å². The van der Waals surface area contributed by atoms with Crippen LogP contribution in [-0.4, -0.2) is 70.4 Å². The number of nitrogens with zero attached hydrogens (tertiary/aromatic N) is 1. The monoisotopic (exact) mass is 1300 g/mol. The fraction of sp³-hybridized carbons (Fsp3) is 0.200. The van der Waals surface area contributed by atoms with Gasteiger partial charge in [-0.25, -0.2) is 21.6 Å². The van der Waals surface area contributed by atoms with Crippen molar-refractivity contribution in [1.82, 2.24) is 8.80 Å². The van der Waals surface area contributed by atoms with E-state index in [1.165, 1.54) is 12.1 Å². The van der Waals surface area contributed by atoms with Crippen LogP contribution in [-0.2, 0) is 48.1 Å². The smallest absolute Gasteiger partial charge is 1.00 e. The van der Waals surface area contributed by atoms with Crippen molar-refractivity contribution in [2.24, 2.45) is 0 Å². The Kier molecular flexibility index (Phi) is 22.5. The number of hydrogen-bond acceptors (Lipinski definition) is 12. The molecule has 11 rings (SSSR count). The molecule has 4 atom stereocenters. The average molecular weight is 1300 g/mol. The van der Waals surface area contributed by atoms with E-state index in [1.807, 2.05) is 56.3 Å². The molecule has 424 valence electrons. The van der Waals surface area contributed by atoms with Gasteiger partial charge in [0.05, 0.1) is 58.2 Å². The second-order valence-corrected chi connectivity index (χ2v) is 27.9. The van der Waals surface area contributed by atoms with Crippen LogP contribution in [0.4, 0.5) is 0 Å². The zero-order chi connectivity index (χ0) is 56.7. The van der Waals surface area contributed by atoms with Crippen LogP contribution in [0.5, 0.6) is 11.5 Å². The first kappa shape index (κ1) is 64.9. The molecule has 0 unspecified atom stereocenters. The van der Waals surface area contributed by atoms with Gasteiger partial charge < -0.3 is 45.0 Å². The summed E-state index contributed by atoms with van der Waals surface area (Å²) in [5.74, 6) is 0.600. The van der Waals surface area contributed by atoms with Crippen molar-refractivity contribution >= 4 is 97.1 Å². The quantitative estimate of drug-likeness (QED) is 0.0659. The molecule has 14 nitrogen and oxygen atoms in total. The number of fused-ring (bicyclic) bond motifs is 1. The number of benzene rings is 8. The zero-order valence-corrected chi connectivity index (χ0v) is 52.9. The first-order valence-electron chi connectivity index (χ1n) is 25.4. The summed E-state index contributed by atoms with van der Waals surface area (Å²) in [6.45, 7) is 9.36. The van der Waals surface area contributed by atoms with Crippen LogP contribution in [0.25, 0.3) is 0 Å². The normalized spacial score (nSPS) is 18.3. The Bertz CT molecular complexity index is 3760. The van der Waals surface area contributed by atoms with Crippen molar-refractivity contribution in [2.45, 2.75) is 62.1 Å². The molecule has 1 N–H and O–H groups in total. The average Bonchev–Trinajstić information content (AvgIpc) is 2.18. The van der Waals surface area contributed by atoms with Gasteiger partial charge in [0.1, 0.15) is 11.5 Å². The summed E-state index contributed by atoms with van der Waals surface area (Å²) in [4.78, 5) is 0.190. The molecule has 0 amide bonds. The molecule has 82 heavy (non-hydrogen) atoms. The fourth-order valence-corrected chi connectivity index (χ4v) is 17.9. The molecular formula is C60H57BrCl2MgN2O12P2S2. The Hall–Kier alpha value is -4.69. The van der Waals surface area contributed by atoms with Gasteiger partial charge in [0.25, 0.3) is 10.0 Å². The van der Waals surface area contributed by atoms with Crippen molar-refractivity contribution in [1.29, 1.82) is 0 Å². The van der Waals surface area contributed by atoms with Crippen molar-refractivity contribution in [3.63, 3.8) is 0 Å². The predicted octanol–water partition coefficient (Wildman–Crippen LogP) is 9.51. The van der Waals surface area contributed by atoms with Gasteiger partial charge in [0.15, 0.2) is 12.6 Å². The number of nitrogens with one attached hydrogen (secondary N) is 1. The Balaban J connectivity index is 0.000000200. The fourth-order valence-electron chi connectivity index (χ4n) is 9.01. The number of sulfonamides is 2. The molecule has 0 spiro atoms. The molecule has 2 fully saturated rings. The standard InChI is InChI=1S/C30H29ClNO6PS.C21H19ClNO4PS.C9H9O2.BrH.Mg/c1-21-12-15-25(16-13-21)40(34,35)32-22(2)27-20-23(31)14-17-28(27)38-39(33,24-8-4-3-5-9-24)29-11-7-6-10-26(29)30-36-18-19-37-30;1-15-8-11-19(12-9-15)29(25,26)23-16(2)20-14-17(22)10-13-21(20)27-28(23,24)18-6-4-3-5-7-18;1-2-4-8(5-3-1)9-10-6-7-11-9;;/h3-17,20,22,30,32H,18-19H2,1-2H3;3-14,16H,1-2H3;1-4,9H,6-7H2;1H;/q;;-1;;+2/p-1/t22-,39+;16-,28-;;;/m11.../s1. The molecule has 0 saturated carbocycles. The minimum absolute atomic E-state index is 0. The molecule has 3 aliphatic heterocycles. The van der Waals surface area contributed by atoms with Crippen molar-refractivity contribution in [3.05, 3.63) is 244 Å². The van der Waals surface area contributed by atoms with E-state index in [2.05, 4.69) is 10.8 Å². The maximum absolute atomic E-state index is 15.1. The molecule has 3 aliphatic rings. The van der Waals surface area contributed by atoms with Gasteiger partial charge >= 0.3 is 37.9 Å². The Morgan fingerprint density at radius 3 is 1.80 bits per heavy atom. The van der Waals surface area contributed by atoms with E-state index >= 15 is 4.57 Å².